The van der Waals surface area contributed by atoms with Crippen molar-refractivity contribution in [2.45, 2.75) is 24.9 Å². The number of amides is 1. The molecule has 25 heavy (non-hydrogen) atoms. The van der Waals surface area contributed by atoms with Gasteiger partial charge >= 0.3 is 0 Å². The smallest absolute Gasteiger partial charge is 0.251 e. The number of benzene rings is 1. The number of aryl methyl sites for hydroxylation is 1. The highest BCUT2D eigenvalue weighted by molar-refractivity contribution is 7.99. The third-order valence-corrected chi connectivity index (χ3v) is 4.13. The summed E-state index contributed by atoms with van der Waals surface area (Å²) in [5.74, 6) is 1.07. The van der Waals surface area contributed by atoms with Gasteiger partial charge in [-0.1, -0.05) is 25.1 Å². The highest BCUT2D eigenvalue weighted by atomic mass is 32.2. The van der Waals surface area contributed by atoms with Gasteiger partial charge in [0.25, 0.3) is 5.56 Å². The summed E-state index contributed by atoms with van der Waals surface area (Å²) in [6.07, 6.45) is 1.63. The summed E-state index contributed by atoms with van der Waals surface area (Å²) >= 11 is 1.18. The van der Waals surface area contributed by atoms with Gasteiger partial charge in [-0.3, -0.25) is 9.59 Å². The predicted octanol–water partition coefficient (Wildman–Crippen LogP) is 2.47. The van der Waals surface area contributed by atoms with Crippen LogP contribution in [0.5, 0.6) is 11.5 Å². The van der Waals surface area contributed by atoms with Gasteiger partial charge in [0, 0.05) is 35.6 Å². The van der Waals surface area contributed by atoms with Crippen LogP contribution >= 0.6 is 11.8 Å². The van der Waals surface area contributed by atoms with Crippen LogP contribution in [0.1, 0.15) is 19.0 Å². The molecule has 8 heteroatoms. The number of ether oxygens (including phenoxy) is 2. The Bertz CT molecular complexity index is 769. The summed E-state index contributed by atoms with van der Waals surface area (Å²) in [5.41, 5.74) is 1.09. The van der Waals surface area contributed by atoms with Crippen LogP contribution < -0.4 is 20.3 Å². The van der Waals surface area contributed by atoms with Crippen LogP contribution in [0.3, 0.4) is 0 Å². The van der Waals surface area contributed by atoms with Crippen LogP contribution in [0.2, 0.25) is 0 Å². The van der Waals surface area contributed by atoms with Crippen LogP contribution in [-0.4, -0.2) is 35.8 Å². The number of hydrogen-bond acceptors (Lipinski definition) is 6. The Labute approximate surface area is 150 Å². The molecule has 0 saturated heterocycles. The first-order valence-corrected chi connectivity index (χ1v) is 8.78. The van der Waals surface area contributed by atoms with E-state index >= 15 is 0 Å². The first-order chi connectivity index (χ1) is 12.0. The van der Waals surface area contributed by atoms with Crippen LogP contribution in [0, 0.1) is 0 Å². The Morgan fingerprint density at radius 2 is 1.88 bits per heavy atom. The molecule has 0 bridgehead atoms. The molecule has 2 aromatic rings. The zero-order chi connectivity index (χ0) is 18.2. The molecule has 7 nitrogen and oxygen atoms in total. The van der Waals surface area contributed by atoms with Crippen molar-refractivity contribution in [3.05, 3.63) is 40.3 Å². The van der Waals surface area contributed by atoms with E-state index in [9.17, 15) is 9.59 Å². The molecular formula is C17H21N3O4S. The van der Waals surface area contributed by atoms with Gasteiger partial charge in [0.2, 0.25) is 5.91 Å². The number of H-pyrrole nitrogens is 1. The standard InChI is InChI=1S/C17H21N3O4S/c1-4-5-11-8-15(21)20-17(19-11)25-10-16(22)18-12-6-13(23-2)9-14(7-12)24-3/h6-9H,4-5,10H2,1-3H3,(H,18,22)(H,19,20,21). The quantitative estimate of drug-likeness (QED) is 0.553. The number of anilines is 1. The number of nitrogens with zero attached hydrogens (tertiary/aromatic N) is 1. The lowest BCUT2D eigenvalue weighted by molar-refractivity contribution is -0.113. The molecular weight excluding hydrogens is 342 g/mol. The largest absolute Gasteiger partial charge is 0.497 e. The topological polar surface area (TPSA) is 93.3 Å². The normalized spacial score (nSPS) is 10.4. The number of nitrogens with one attached hydrogen (secondary N) is 2. The van der Waals surface area contributed by atoms with Gasteiger partial charge in [-0.2, -0.15) is 0 Å². The highest BCUT2D eigenvalue weighted by Gasteiger charge is 2.09. The van der Waals surface area contributed by atoms with E-state index in [4.69, 9.17) is 9.47 Å². The second-order valence-electron chi connectivity index (χ2n) is 5.23. The van der Waals surface area contributed by atoms with E-state index in [-0.39, 0.29) is 17.2 Å². The van der Waals surface area contributed by atoms with Crippen molar-refractivity contribution in [1.29, 1.82) is 0 Å². The molecule has 0 fully saturated rings. The summed E-state index contributed by atoms with van der Waals surface area (Å²) in [4.78, 5) is 30.8. The maximum absolute atomic E-state index is 12.1. The van der Waals surface area contributed by atoms with E-state index in [1.54, 1.807) is 32.4 Å². The minimum Gasteiger partial charge on any atom is -0.497 e. The highest BCUT2D eigenvalue weighted by Crippen LogP contribution is 2.26. The Balaban J connectivity index is 2.00. The van der Waals surface area contributed by atoms with Gasteiger partial charge in [0.1, 0.15) is 11.5 Å². The summed E-state index contributed by atoms with van der Waals surface area (Å²) in [6, 6.07) is 6.61. The van der Waals surface area contributed by atoms with Crippen molar-refractivity contribution in [2.75, 3.05) is 25.3 Å². The van der Waals surface area contributed by atoms with Crippen LogP contribution in [-0.2, 0) is 11.2 Å². The minimum absolute atomic E-state index is 0.123. The fraction of sp³-hybridized carbons (Fsp3) is 0.353. The second kappa shape index (κ2) is 9.12. The number of rotatable bonds is 8. The van der Waals surface area contributed by atoms with Crippen molar-refractivity contribution in [3.63, 3.8) is 0 Å². The maximum Gasteiger partial charge on any atom is 0.251 e. The Morgan fingerprint density at radius 3 is 2.48 bits per heavy atom. The first-order valence-electron chi connectivity index (χ1n) is 7.80. The lowest BCUT2D eigenvalue weighted by Gasteiger charge is -2.09. The van der Waals surface area contributed by atoms with Gasteiger partial charge in [-0.25, -0.2) is 4.98 Å². The predicted molar refractivity (Wildman–Crippen MR) is 97.8 cm³/mol. The zero-order valence-electron chi connectivity index (χ0n) is 14.4. The number of methoxy groups -OCH3 is 2. The molecule has 134 valence electrons. The fourth-order valence-corrected chi connectivity index (χ4v) is 2.84. The van der Waals surface area contributed by atoms with Gasteiger partial charge in [-0.15, -0.1) is 0 Å². The number of thioether (sulfide) groups is 1. The summed E-state index contributed by atoms with van der Waals surface area (Å²) in [6.45, 7) is 2.02. The van der Waals surface area contributed by atoms with Crippen LogP contribution in [0.15, 0.2) is 34.2 Å². The Kier molecular flexibility index (Phi) is 6.88. The molecule has 1 aromatic carbocycles. The Hall–Kier alpha value is -2.48. The second-order valence-corrected chi connectivity index (χ2v) is 6.19. The van der Waals surface area contributed by atoms with Crippen molar-refractivity contribution >= 4 is 23.4 Å². The van der Waals surface area contributed by atoms with E-state index < -0.39 is 0 Å². The molecule has 0 aliphatic heterocycles. The van der Waals surface area contributed by atoms with Crippen molar-refractivity contribution in [1.82, 2.24) is 9.97 Å². The van der Waals surface area contributed by atoms with Crippen molar-refractivity contribution < 1.29 is 14.3 Å². The lowest BCUT2D eigenvalue weighted by Crippen LogP contribution is -2.16. The summed E-state index contributed by atoms with van der Waals surface area (Å²) in [5, 5.41) is 3.22. The third-order valence-electron chi connectivity index (χ3n) is 3.25. The number of aromatic nitrogens is 2. The number of aromatic amines is 1. The van der Waals surface area contributed by atoms with Crippen LogP contribution in [0.25, 0.3) is 0 Å². The average Bonchev–Trinajstić information content (AvgIpc) is 2.59. The SMILES string of the molecule is CCCc1cc(=O)[nH]c(SCC(=O)Nc2cc(OC)cc(OC)c2)n1. The van der Waals surface area contributed by atoms with Gasteiger partial charge in [0.05, 0.1) is 20.0 Å². The van der Waals surface area contributed by atoms with E-state index in [0.717, 1.165) is 18.5 Å². The van der Waals surface area contributed by atoms with E-state index in [2.05, 4.69) is 15.3 Å². The van der Waals surface area contributed by atoms with E-state index in [1.165, 1.54) is 17.8 Å². The molecule has 0 saturated carbocycles. The first kappa shape index (κ1) is 18.9. The molecule has 1 amide bonds. The van der Waals surface area contributed by atoms with Gasteiger partial charge in [-0.05, 0) is 6.42 Å². The molecule has 2 N–H and O–H groups in total. The summed E-state index contributed by atoms with van der Waals surface area (Å²) in [7, 11) is 3.09. The summed E-state index contributed by atoms with van der Waals surface area (Å²) < 4.78 is 10.3. The molecule has 0 aliphatic rings. The number of carbonyl (C=O) groups is 1. The molecule has 1 heterocycles. The maximum atomic E-state index is 12.1. The molecule has 0 spiro atoms. The molecule has 0 atom stereocenters. The van der Waals surface area contributed by atoms with Crippen molar-refractivity contribution in [2.24, 2.45) is 0 Å². The van der Waals surface area contributed by atoms with Crippen molar-refractivity contribution in [3.8, 4) is 11.5 Å². The molecule has 0 unspecified atom stereocenters. The van der Waals surface area contributed by atoms with E-state index in [1.807, 2.05) is 6.92 Å². The third kappa shape index (κ3) is 5.82. The molecule has 1 aromatic heterocycles. The average molecular weight is 363 g/mol. The Morgan fingerprint density at radius 1 is 1.20 bits per heavy atom. The molecule has 0 radical (unpaired) electrons. The zero-order valence-corrected chi connectivity index (χ0v) is 15.2. The lowest BCUT2D eigenvalue weighted by atomic mass is 10.2. The fourth-order valence-electron chi connectivity index (χ4n) is 2.15. The minimum atomic E-state index is -0.219. The van der Waals surface area contributed by atoms with Gasteiger partial charge in [0.15, 0.2) is 5.16 Å². The van der Waals surface area contributed by atoms with E-state index in [0.29, 0.717) is 22.3 Å². The molecule has 0 aliphatic carbocycles. The number of hydrogen-bond donors (Lipinski definition) is 2. The van der Waals surface area contributed by atoms with Crippen LogP contribution in [0.4, 0.5) is 5.69 Å². The molecule has 2 rings (SSSR count). The monoisotopic (exact) mass is 363 g/mol. The van der Waals surface area contributed by atoms with Gasteiger partial charge < -0.3 is 19.8 Å². The number of carbonyl (C=O) groups excluding carboxylic acids is 1.